The summed E-state index contributed by atoms with van der Waals surface area (Å²) < 4.78 is 1.62. The minimum atomic E-state index is 0. The van der Waals surface area contributed by atoms with Gasteiger partial charge in [-0.15, -0.1) is 0 Å². The number of H-pyrrole nitrogens is 1. The number of carbonyl (C=O) groups excluding carboxylic acids is 1. The van der Waals surface area contributed by atoms with Gasteiger partial charge in [0, 0.05) is 29.0 Å². The van der Waals surface area contributed by atoms with Gasteiger partial charge in [-0.1, -0.05) is 30.3 Å². The third-order valence-electron chi connectivity index (χ3n) is 4.35. The van der Waals surface area contributed by atoms with Crippen LogP contribution < -0.4 is 5.73 Å². The van der Waals surface area contributed by atoms with Gasteiger partial charge in [-0.25, -0.2) is 0 Å². The van der Waals surface area contributed by atoms with Gasteiger partial charge in [0.1, 0.15) is 12.5 Å². The number of hydrogen-bond donors (Lipinski definition) is 2. The molecule has 1 aromatic carbocycles. The molecule has 7 heteroatoms. The van der Waals surface area contributed by atoms with Crippen molar-refractivity contribution >= 4 is 38.2 Å². The van der Waals surface area contributed by atoms with E-state index in [4.69, 9.17) is 13.7 Å². The van der Waals surface area contributed by atoms with Crippen LogP contribution in [0.15, 0.2) is 48.2 Å². The third-order valence-corrected chi connectivity index (χ3v) is 4.35. The highest BCUT2D eigenvalue weighted by Gasteiger charge is 2.20. The molecule has 0 fully saturated rings. The monoisotopic (exact) mass is 382 g/mol. The number of allylic oxidation sites excluding steroid dienone is 2. The van der Waals surface area contributed by atoms with E-state index in [0.717, 1.165) is 46.5 Å². The number of aryl methyl sites for hydroxylation is 1. The van der Waals surface area contributed by atoms with E-state index >= 15 is 0 Å². The number of nitrogens with one attached hydrogen (secondary N) is 1. The number of nitrogens with two attached hydrogens (primary N) is 1. The molecule has 1 aliphatic rings. The summed E-state index contributed by atoms with van der Waals surface area (Å²) in [6, 6.07) is 9.56. The van der Waals surface area contributed by atoms with Crippen molar-refractivity contribution in [2.75, 3.05) is 6.54 Å². The molecule has 0 amide bonds. The molecule has 0 saturated heterocycles. The van der Waals surface area contributed by atoms with E-state index in [1.807, 2.05) is 42.7 Å². The van der Waals surface area contributed by atoms with Crippen LogP contribution in [0.5, 0.6) is 0 Å². The molecule has 28 heavy (non-hydrogen) atoms. The molecule has 2 heterocycles. The topological polar surface area (TPSA) is 61.9 Å². The summed E-state index contributed by atoms with van der Waals surface area (Å²) in [4.78, 5) is 14.2. The lowest BCUT2D eigenvalue weighted by Gasteiger charge is -2.07. The van der Waals surface area contributed by atoms with Gasteiger partial charge >= 0.3 is 7.98 Å². The largest absolute Gasteiger partial charge is 0.586 e. The molecule has 3 N–H and O–H groups in total. The predicted octanol–water partition coefficient (Wildman–Crippen LogP) is 3.41. The Labute approximate surface area is 164 Å². The van der Waals surface area contributed by atoms with Crippen LogP contribution in [0.2, 0.25) is 0 Å². The smallest absolute Gasteiger partial charge is 0.355 e. The fraction of sp³-hybridized carbons (Fsp3) is 0.143. The summed E-state index contributed by atoms with van der Waals surface area (Å²) in [7, 11) is 6.03. The molecule has 1 aliphatic heterocycles. The number of aldehydes is 1. The number of aromatic nitrogens is 1. The highest BCUT2D eigenvalue weighted by molar-refractivity contribution is 6.01. The average Bonchev–Trinajstić information content (AvgIpc) is 3.24. The zero-order valence-electron chi connectivity index (χ0n) is 15.6. The molecule has 0 bridgehead atoms. The average molecular weight is 382 g/mol. The van der Waals surface area contributed by atoms with Crippen molar-refractivity contribution in [2.24, 2.45) is 5.73 Å². The van der Waals surface area contributed by atoms with Crippen molar-refractivity contribution in [1.29, 1.82) is 0 Å². The minimum absolute atomic E-state index is 0. The third kappa shape index (κ3) is 5.01. The summed E-state index contributed by atoms with van der Waals surface area (Å²) in [5, 5.41) is 0. The Morgan fingerprint density at radius 3 is 2.43 bits per heavy atom. The second-order valence-electron chi connectivity index (χ2n) is 6.22. The minimum Gasteiger partial charge on any atom is -0.355 e. The second kappa shape index (κ2) is 10.3. The maximum Gasteiger partial charge on any atom is 0.586 e. The van der Waals surface area contributed by atoms with Crippen molar-refractivity contribution in [3.8, 4) is 0 Å². The molecular weight excluding hydrogens is 359 g/mol. The summed E-state index contributed by atoms with van der Waals surface area (Å²) in [5.41, 5.74) is 12.8. The normalized spacial score (nSPS) is 14.4. The second-order valence-corrected chi connectivity index (χ2v) is 6.22. The lowest BCUT2D eigenvalue weighted by Crippen LogP contribution is -2.09. The first kappa shape index (κ1) is 23.0. The quantitative estimate of drug-likeness (QED) is 0.594. The van der Waals surface area contributed by atoms with Crippen molar-refractivity contribution in [1.82, 2.24) is 4.98 Å². The summed E-state index contributed by atoms with van der Waals surface area (Å²) in [5.74, 6) is 0. The van der Waals surface area contributed by atoms with Crippen LogP contribution >= 0.6 is 0 Å². The van der Waals surface area contributed by atoms with Gasteiger partial charge in [-0.05, 0) is 43.2 Å². The van der Waals surface area contributed by atoms with Gasteiger partial charge in [-0.2, -0.15) is 0 Å². The van der Waals surface area contributed by atoms with Crippen LogP contribution in [-0.4, -0.2) is 36.5 Å². The first-order chi connectivity index (χ1) is 12.6. The lowest BCUT2D eigenvalue weighted by atomic mass is 10.0. The number of halogens is 2. The van der Waals surface area contributed by atoms with Crippen LogP contribution in [-0.2, 0) is 0 Å². The molecule has 1 aromatic heterocycles. The molecule has 2 aromatic rings. The Kier molecular flexibility index (Phi) is 8.47. The summed E-state index contributed by atoms with van der Waals surface area (Å²) in [6.45, 7) is 2.62. The standard InChI is InChI=1S/C21H21BN3O.2FH/c1-15-13-18(9-8-16-4-6-17(14-26)7-5-16)24-21(15)19(10-11-23)20-3-2-12-25(20)22;;/h2-9,12-14,24H,10-11,23H2,1H3;2*1H/q+1;;/b9-8+;;. The molecule has 0 spiro atoms. The highest BCUT2D eigenvalue weighted by atomic mass is 19.0. The van der Waals surface area contributed by atoms with E-state index in [0.29, 0.717) is 12.1 Å². The van der Waals surface area contributed by atoms with E-state index in [1.165, 1.54) is 0 Å². The number of benzene rings is 1. The van der Waals surface area contributed by atoms with Crippen molar-refractivity contribution in [2.45, 2.75) is 13.3 Å². The van der Waals surface area contributed by atoms with Crippen LogP contribution in [0.1, 0.15) is 39.3 Å². The zero-order valence-corrected chi connectivity index (χ0v) is 15.6. The zero-order chi connectivity index (χ0) is 18.5. The SMILES string of the molecule is F.F.[B][N+]1=CC=CC1=C(CCN)c1[nH]c(/C=C/c2ccc(C=O)cc2)cc1C. The summed E-state index contributed by atoms with van der Waals surface area (Å²) >= 11 is 0. The predicted molar refractivity (Wildman–Crippen MR) is 113 cm³/mol. The van der Waals surface area contributed by atoms with Crippen LogP contribution in [0.3, 0.4) is 0 Å². The maximum atomic E-state index is 10.7. The van der Waals surface area contributed by atoms with Crippen LogP contribution in [0.25, 0.3) is 17.7 Å². The van der Waals surface area contributed by atoms with Gasteiger partial charge in [-0.3, -0.25) is 18.7 Å². The fourth-order valence-corrected chi connectivity index (χ4v) is 3.03. The molecule has 144 valence electrons. The molecule has 0 atom stereocenters. The molecule has 4 nitrogen and oxygen atoms in total. The molecule has 0 saturated carbocycles. The lowest BCUT2D eigenvalue weighted by molar-refractivity contribution is -0.294. The Hall–Kier alpha value is -3.06. The molecule has 0 unspecified atom stereocenters. The number of aromatic amines is 1. The Balaban J connectivity index is 0.00000196. The molecule has 3 rings (SSSR count). The number of carbonyl (C=O) groups is 1. The van der Waals surface area contributed by atoms with Crippen molar-refractivity contribution in [3.05, 3.63) is 76.3 Å². The molecule has 2 radical (unpaired) electrons. The van der Waals surface area contributed by atoms with Gasteiger partial charge < -0.3 is 10.7 Å². The van der Waals surface area contributed by atoms with Gasteiger partial charge in [0.15, 0.2) is 5.70 Å². The summed E-state index contributed by atoms with van der Waals surface area (Å²) in [6.07, 6.45) is 11.4. The van der Waals surface area contributed by atoms with Gasteiger partial charge in [0.2, 0.25) is 0 Å². The molecule has 0 aliphatic carbocycles. The van der Waals surface area contributed by atoms with E-state index < -0.39 is 0 Å². The van der Waals surface area contributed by atoms with E-state index in [-0.39, 0.29) is 9.41 Å². The Bertz CT molecular complexity index is 941. The van der Waals surface area contributed by atoms with E-state index in [2.05, 4.69) is 18.0 Å². The van der Waals surface area contributed by atoms with Gasteiger partial charge in [0.25, 0.3) is 0 Å². The fourth-order valence-electron chi connectivity index (χ4n) is 3.03. The number of rotatable bonds is 6. The first-order valence-corrected chi connectivity index (χ1v) is 8.54. The van der Waals surface area contributed by atoms with Crippen LogP contribution in [0.4, 0.5) is 9.41 Å². The van der Waals surface area contributed by atoms with E-state index in [9.17, 15) is 4.79 Å². The highest BCUT2D eigenvalue weighted by Crippen LogP contribution is 2.27. The van der Waals surface area contributed by atoms with Crippen molar-refractivity contribution in [3.63, 3.8) is 0 Å². The van der Waals surface area contributed by atoms with Gasteiger partial charge in [0.05, 0.1) is 5.69 Å². The van der Waals surface area contributed by atoms with Crippen LogP contribution in [0, 0.1) is 6.92 Å². The maximum absolute atomic E-state index is 10.7. The molecular formula is C21H23BF2N3O+. The number of nitrogens with zero attached hydrogens (tertiary/aromatic N) is 1. The number of hydrogen-bond acceptors (Lipinski definition) is 2. The Morgan fingerprint density at radius 1 is 1.18 bits per heavy atom. The van der Waals surface area contributed by atoms with E-state index in [1.54, 1.807) is 16.6 Å². The first-order valence-electron chi connectivity index (χ1n) is 8.54. The van der Waals surface area contributed by atoms with Crippen molar-refractivity contribution < 1.29 is 18.7 Å². The Morgan fingerprint density at radius 2 is 1.86 bits per heavy atom.